The molecule has 0 radical (unpaired) electrons. The highest BCUT2D eigenvalue weighted by Gasteiger charge is 2.22. The van der Waals surface area contributed by atoms with Crippen molar-refractivity contribution < 1.29 is 37.9 Å². The van der Waals surface area contributed by atoms with Crippen molar-refractivity contribution in [3.05, 3.63) is 24.3 Å². The lowest BCUT2D eigenvalue weighted by molar-refractivity contribution is -0.161. The van der Waals surface area contributed by atoms with Gasteiger partial charge in [0.2, 0.25) is 0 Å². The largest absolute Gasteiger partial charge is 0.469 e. The second-order valence-electron chi connectivity index (χ2n) is 11.8. The summed E-state index contributed by atoms with van der Waals surface area (Å²) in [6, 6.07) is 0. The van der Waals surface area contributed by atoms with E-state index < -0.39 is 32.5 Å². The molecule has 0 heterocycles. The monoisotopic (exact) mass is 644 g/mol. The summed E-state index contributed by atoms with van der Waals surface area (Å²) in [6.07, 6.45) is 33.2. The molecular weight excluding hydrogens is 579 g/mol. The smallest absolute Gasteiger partial charge is 0.462 e. The summed E-state index contributed by atoms with van der Waals surface area (Å²) < 4.78 is 26.2. The first kappa shape index (κ1) is 42.5. The third-order valence-electron chi connectivity index (χ3n) is 7.44. The minimum absolute atomic E-state index is 0.201. The fourth-order valence-corrected chi connectivity index (χ4v) is 5.13. The number of carbonyl (C=O) groups is 2. The maximum Gasteiger partial charge on any atom is 0.469 e. The van der Waals surface area contributed by atoms with E-state index in [1.807, 2.05) is 0 Å². The molecule has 0 aliphatic rings. The van der Waals surface area contributed by atoms with Gasteiger partial charge in [0.15, 0.2) is 6.10 Å². The number of hydrogen-bond acceptors (Lipinski definition) is 6. The van der Waals surface area contributed by atoms with E-state index in [9.17, 15) is 14.2 Å². The molecule has 8 nitrogen and oxygen atoms in total. The Labute approximate surface area is 269 Å². The molecular formula is C35H65O8P. The molecule has 0 spiro atoms. The van der Waals surface area contributed by atoms with Crippen molar-refractivity contribution in [1.29, 1.82) is 0 Å². The summed E-state index contributed by atoms with van der Waals surface area (Å²) >= 11 is 0. The molecule has 2 N–H and O–H groups in total. The van der Waals surface area contributed by atoms with Crippen LogP contribution in [0.15, 0.2) is 24.3 Å². The fourth-order valence-electron chi connectivity index (χ4n) is 4.77. The van der Waals surface area contributed by atoms with Gasteiger partial charge >= 0.3 is 19.8 Å². The molecule has 9 heteroatoms. The Morgan fingerprint density at radius 3 is 1.39 bits per heavy atom. The van der Waals surface area contributed by atoms with Gasteiger partial charge in [-0.05, 0) is 64.2 Å². The van der Waals surface area contributed by atoms with Gasteiger partial charge in [-0.1, -0.05) is 115 Å². The maximum absolute atomic E-state index is 12.3. The summed E-state index contributed by atoms with van der Waals surface area (Å²) in [7, 11) is -4.75. The Kier molecular flexibility index (Phi) is 30.5. The van der Waals surface area contributed by atoms with E-state index >= 15 is 0 Å². The zero-order valence-corrected chi connectivity index (χ0v) is 29.0. The summed E-state index contributed by atoms with van der Waals surface area (Å²) in [5.74, 6) is -0.905. The third-order valence-corrected chi connectivity index (χ3v) is 7.93. The summed E-state index contributed by atoms with van der Waals surface area (Å²) in [5, 5.41) is 0. The standard InChI is InChI=1S/C35H65O8P/c1-3-5-7-9-11-13-15-17-19-21-23-25-27-29-34(36)41-31-33(32-42-44(38,39)40)43-35(37)30-28-26-24-22-20-18-16-14-12-10-8-6-4-2/h13-16,33H,3-12,17-32H2,1-2H3,(H2,38,39,40)/b15-13+,16-14+/t33-/m1/s1. The maximum atomic E-state index is 12.3. The van der Waals surface area contributed by atoms with Gasteiger partial charge in [-0.15, -0.1) is 0 Å². The lowest BCUT2D eigenvalue weighted by Gasteiger charge is -2.18. The zero-order chi connectivity index (χ0) is 32.6. The average molecular weight is 645 g/mol. The number of allylic oxidation sites excluding steroid dienone is 4. The quantitative estimate of drug-likeness (QED) is 0.0321. The van der Waals surface area contributed by atoms with E-state index in [0.717, 1.165) is 64.2 Å². The summed E-state index contributed by atoms with van der Waals surface area (Å²) in [6.45, 7) is 3.62. The Morgan fingerprint density at radius 1 is 0.568 bits per heavy atom. The molecule has 0 fully saturated rings. The zero-order valence-electron chi connectivity index (χ0n) is 28.1. The molecule has 0 aliphatic heterocycles. The van der Waals surface area contributed by atoms with Crippen molar-refractivity contribution in [2.24, 2.45) is 0 Å². The van der Waals surface area contributed by atoms with Crippen LogP contribution in [0.5, 0.6) is 0 Å². The van der Waals surface area contributed by atoms with E-state index in [1.165, 1.54) is 64.2 Å². The van der Waals surface area contributed by atoms with E-state index in [-0.39, 0.29) is 19.4 Å². The number of rotatable bonds is 32. The van der Waals surface area contributed by atoms with Crippen LogP contribution >= 0.6 is 7.82 Å². The van der Waals surface area contributed by atoms with E-state index in [0.29, 0.717) is 12.8 Å². The SMILES string of the molecule is CCCCCC/C=C/CCCCCCCC(=O)OC[C@H](COP(=O)(O)O)OC(=O)CCCCCCC/C=C/CCCCCC. The Morgan fingerprint density at radius 2 is 0.955 bits per heavy atom. The highest BCUT2D eigenvalue weighted by molar-refractivity contribution is 7.46. The van der Waals surface area contributed by atoms with Gasteiger partial charge in [0.05, 0.1) is 6.61 Å². The van der Waals surface area contributed by atoms with Gasteiger partial charge in [0.1, 0.15) is 6.61 Å². The fraction of sp³-hybridized carbons (Fsp3) is 0.829. The summed E-state index contributed by atoms with van der Waals surface area (Å²) in [5.41, 5.74) is 0. The number of carbonyl (C=O) groups excluding carboxylic acids is 2. The highest BCUT2D eigenvalue weighted by Crippen LogP contribution is 2.36. The van der Waals surface area contributed by atoms with Crippen LogP contribution in [0.2, 0.25) is 0 Å². The van der Waals surface area contributed by atoms with Gasteiger partial charge < -0.3 is 19.3 Å². The number of phosphoric ester groups is 1. The molecule has 0 amide bonds. The van der Waals surface area contributed by atoms with Crippen molar-refractivity contribution in [2.75, 3.05) is 13.2 Å². The van der Waals surface area contributed by atoms with Crippen LogP contribution in [0.4, 0.5) is 0 Å². The Hall–Kier alpha value is -1.47. The lowest BCUT2D eigenvalue weighted by atomic mass is 10.1. The van der Waals surface area contributed by atoms with E-state index in [2.05, 4.69) is 42.7 Å². The molecule has 0 unspecified atom stereocenters. The van der Waals surface area contributed by atoms with Crippen molar-refractivity contribution in [2.45, 2.75) is 174 Å². The number of unbranched alkanes of at least 4 members (excludes halogenated alkanes) is 18. The predicted octanol–water partition coefficient (Wildman–Crippen LogP) is 10.1. The van der Waals surface area contributed by atoms with E-state index in [1.54, 1.807) is 0 Å². The highest BCUT2D eigenvalue weighted by atomic mass is 31.2. The van der Waals surface area contributed by atoms with Gasteiger partial charge in [-0.3, -0.25) is 14.1 Å². The van der Waals surface area contributed by atoms with Crippen LogP contribution in [-0.4, -0.2) is 41.0 Å². The molecule has 0 saturated carbocycles. The first-order chi connectivity index (χ1) is 21.3. The van der Waals surface area contributed by atoms with Crippen LogP contribution < -0.4 is 0 Å². The van der Waals surface area contributed by atoms with Crippen LogP contribution in [-0.2, 0) is 28.2 Å². The number of phosphoric acid groups is 1. The molecule has 1 atom stereocenters. The first-order valence-corrected chi connectivity index (χ1v) is 19.2. The van der Waals surface area contributed by atoms with E-state index in [4.69, 9.17) is 19.3 Å². The number of esters is 2. The van der Waals surface area contributed by atoms with Crippen molar-refractivity contribution in [3.63, 3.8) is 0 Å². The molecule has 0 aromatic carbocycles. The third kappa shape index (κ3) is 33.4. The predicted molar refractivity (Wildman–Crippen MR) is 179 cm³/mol. The number of ether oxygens (including phenoxy) is 2. The second kappa shape index (κ2) is 31.5. The van der Waals surface area contributed by atoms with Gasteiger partial charge in [0, 0.05) is 12.8 Å². The average Bonchev–Trinajstić information content (AvgIpc) is 2.98. The van der Waals surface area contributed by atoms with Crippen molar-refractivity contribution >= 4 is 19.8 Å². The minimum Gasteiger partial charge on any atom is -0.462 e. The molecule has 0 aliphatic carbocycles. The van der Waals surface area contributed by atoms with Crippen LogP contribution in [0, 0.1) is 0 Å². The van der Waals surface area contributed by atoms with Crippen LogP contribution in [0.3, 0.4) is 0 Å². The first-order valence-electron chi connectivity index (χ1n) is 17.6. The molecule has 0 rings (SSSR count). The van der Waals surface area contributed by atoms with Crippen molar-refractivity contribution in [3.8, 4) is 0 Å². The molecule has 44 heavy (non-hydrogen) atoms. The molecule has 0 aromatic heterocycles. The minimum atomic E-state index is -4.75. The molecule has 0 bridgehead atoms. The normalized spacial score (nSPS) is 12.7. The second-order valence-corrected chi connectivity index (χ2v) is 13.1. The molecule has 0 aromatic rings. The molecule has 0 saturated heterocycles. The molecule has 258 valence electrons. The van der Waals surface area contributed by atoms with Crippen LogP contribution in [0.1, 0.15) is 168 Å². The Balaban J connectivity index is 4.02. The van der Waals surface area contributed by atoms with Gasteiger partial charge in [-0.2, -0.15) is 0 Å². The van der Waals surface area contributed by atoms with Crippen LogP contribution in [0.25, 0.3) is 0 Å². The Bertz CT molecular complexity index is 777. The summed E-state index contributed by atoms with van der Waals surface area (Å²) in [4.78, 5) is 42.5. The number of hydrogen-bond donors (Lipinski definition) is 2. The topological polar surface area (TPSA) is 119 Å². The lowest BCUT2D eigenvalue weighted by Crippen LogP contribution is -2.29. The van der Waals surface area contributed by atoms with Gasteiger partial charge in [-0.25, -0.2) is 4.57 Å². The van der Waals surface area contributed by atoms with Crippen molar-refractivity contribution in [1.82, 2.24) is 0 Å². The van der Waals surface area contributed by atoms with Gasteiger partial charge in [0.25, 0.3) is 0 Å².